The predicted molar refractivity (Wildman–Crippen MR) is 127 cm³/mol. The number of carbonyl (C=O) groups is 2. The lowest BCUT2D eigenvalue weighted by atomic mass is 10.1. The first-order valence-corrected chi connectivity index (χ1v) is 11.6. The number of carbonyl (C=O) groups excluding carboxylic acids is 2. The maximum absolute atomic E-state index is 12.6. The van der Waals surface area contributed by atoms with Crippen molar-refractivity contribution in [2.45, 2.75) is 27.4 Å². The van der Waals surface area contributed by atoms with Crippen LogP contribution >= 0.6 is 34.3 Å². The molecule has 8 heteroatoms. The lowest BCUT2D eigenvalue weighted by molar-refractivity contribution is -0.115. The van der Waals surface area contributed by atoms with Crippen LogP contribution in [0.4, 0.5) is 10.8 Å². The second kappa shape index (κ2) is 8.78. The van der Waals surface area contributed by atoms with Gasteiger partial charge in [-0.3, -0.25) is 9.69 Å². The van der Waals surface area contributed by atoms with Crippen LogP contribution in [0.3, 0.4) is 0 Å². The highest BCUT2D eigenvalue weighted by Crippen LogP contribution is 2.36. The first-order chi connectivity index (χ1) is 14.8. The number of rotatable bonds is 5. The number of aromatic nitrogens is 1. The Kier molecular flexibility index (Phi) is 6.09. The third-order valence-electron chi connectivity index (χ3n) is 4.71. The summed E-state index contributed by atoms with van der Waals surface area (Å²) in [6.07, 6.45) is 0. The molecule has 4 rings (SSSR count). The van der Waals surface area contributed by atoms with Gasteiger partial charge in [0.15, 0.2) is 5.13 Å². The van der Waals surface area contributed by atoms with E-state index in [9.17, 15) is 9.59 Å². The molecule has 0 N–H and O–H groups in total. The van der Waals surface area contributed by atoms with Gasteiger partial charge in [0.25, 0.3) is 0 Å². The molecule has 0 aliphatic heterocycles. The van der Waals surface area contributed by atoms with Crippen LogP contribution in [0, 0.1) is 13.8 Å². The largest absolute Gasteiger partial charge is 0.455 e. The van der Waals surface area contributed by atoms with Gasteiger partial charge in [-0.15, -0.1) is 22.7 Å². The van der Waals surface area contributed by atoms with Crippen molar-refractivity contribution in [2.75, 3.05) is 4.90 Å². The fraction of sp³-hybridized carbons (Fsp3) is 0.174. The molecule has 0 radical (unpaired) electrons. The van der Waals surface area contributed by atoms with Gasteiger partial charge in [0.1, 0.15) is 11.5 Å². The first-order valence-electron chi connectivity index (χ1n) is 9.51. The van der Waals surface area contributed by atoms with Crippen molar-refractivity contribution in [3.63, 3.8) is 0 Å². The van der Waals surface area contributed by atoms with E-state index in [2.05, 4.69) is 4.98 Å². The first kappa shape index (κ1) is 21.5. The highest BCUT2D eigenvalue weighted by molar-refractivity contribution is 7.21. The third kappa shape index (κ3) is 4.35. The number of esters is 1. The fourth-order valence-corrected chi connectivity index (χ4v) is 5.55. The van der Waals surface area contributed by atoms with Gasteiger partial charge in [-0.2, -0.15) is 0 Å². The van der Waals surface area contributed by atoms with Crippen molar-refractivity contribution in [2.24, 2.45) is 0 Å². The zero-order valence-corrected chi connectivity index (χ0v) is 19.5. The smallest absolute Gasteiger partial charge is 0.350 e. The van der Waals surface area contributed by atoms with E-state index in [1.54, 1.807) is 10.3 Å². The van der Waals surface area contributed by atoms with Gasteiger partial charge in [-0.05, 0) is 31.5 Å². The monoisotopic (exact) mass is 470 g/mol. The zero-order valence-electron chi connectivity index (χ0n) is 17.1. The van der Waals surface area contributed by atoms with Crippen LogP contribution in [-0.2, 0) is 16.1 Å². The van der Waals surface area contributed by atoms with Gasteiger partial charge in [0.2, 0.25) is 5.91 Å². The summed E-state index contributed by atoms with van der Waals surface area (Å²) in [5.74, 6) is -0.625. The van der Waals surface area contributed by atoms with Gasteiger partial charge in [-0.25, -0.2) is 9.78 Å². The number of amides is 1. The second-order valence-electron chi connectivity index (χ2n) is 7.08. The summed E-state index contributed by atoms with van der Waals surface area (Å²) in [4.78, 5) is 31.4. The molecule has 0 saturated carbocycles. The van der Waals surface area contributed by atoms with Crippen molar-refractivity contribution in [3.05, 3.63) is 74.6 Å². The molecule has 158 valence electrons. The summed E-state index contributed by atoms with van der Waals surface area (Å²) in [6.45, 7) is 5.47. The third-order valence-corrected chi connectivity index (χ3v) is 7.24. The molecule has 0 bridgehead atoms. The predicted octanol–water partition coefficient (Wildman–Crippen LogP) is 6.67. The van der Waals surface area contributed by atoms with Crippen LogP contribution in [0.1, 0.15) is 33.4 Å². The number of hydrogen-bond acceptors (Lipinski definition) is 6. The van der Waals surface area contributed by atoms with Crippen LogP contribution in [0.5, 0.6) is 0 Å². The molecule has 0 aliphatic carbocycles. The quantitative estimate of drug-likeness (QED) is 0.305. The summed E-state index contributed by atoms with van der Waals surface area (Å²) < 4.78 is 6.38. The van der Waals surface area contributed by atoms with E-state index in [0.29, 0.717) is 20.7 Å². The Hall–Kier alpha value is -2.74. The Morgan fingerprint density at radius 1 is 1.16 bits per heavy atom. The zero-order chi connectivity index (χ0) is 22.1. The fourth-order valence-electron chi connectivity index (χ4n) is 3.28. The molecule has 0 aliphatic rings. The van der Waals surface area contributed by atoms with Crippen LogP contribution in [0.25, 0.3) is 10.1 Å². The van der Waals surface area contributed by atoms with Crippen LogP contribution in [0.2, 0.25) is 5.02 Å². The van der Waals surface area contributed by atoms with Crippen molar-refractivity contribution in [1.29, 1.82) is 0 Å². The number of benzene rings is 2. The molecular weight excluding hydrogens is 452 g/mol. The minimum absolute atomic E-state index is 0.00146. The summed E-state index contributed by atoms with van der Waals surface area (Å²) in [5, 5.41) is 3.56. The molecule has 2 aromatic carbocycles. The van der Waals surface area contributed by atoms with E-state index in [-0.39, 0.29) is 12.5 Å². The van der Waals surface area contributed by atoms with Gasteiger partial charge in [-0.1, -0.05) is 47.5 Å². The van der Waals surface area contributed by atoms with Crippen molar-refractivity contribution < 1.29 is 14.3 Å². The van der Waals surface area contributed by atoms with E-state index in [1.165, 1.54) is 29.6 Å². The molecule has 31 heavy (non-hydrogen) atoms. The normalized spacial score (nSPS) is 11.0. The Labute approximate surface area is 192 Å². The number of fused-ring (bicyclic) bond motifs is 1. The maximum atomic E-state index is 12.6. The maximum Gasteiger partial charge on any atom is 0.350 e. The lowest BCUT2D eigenvalue weighted by Crippen LogP contribution is -2.23. The average Bonchev–Trinajstić information content (AvgIpc) is 3.33. The minimum Gasteiger partial charge on any atom is -0.455 e. The lowest BCUT2D eigenvalue weighted by Gasteiger charge is -2.20. The number of aryl methyl sites for hydroxylation is 2. The minimum atomic E-state index is -0.487. The molecule has 5 nitrogen and oxygen atoms in total. The number of anilines is 2. The van der Waals surface area contributed by atoms with Gasteiger partial charge in [0.05, 0.1) is 16.4 Å². The Morgan fingerprint density at radius 2 is 1.94 bits per heavy atom. The number of hydrogen-bond donors (Lipinski definition) is 0. The number of halogens is 1. The number of thiazole rings is 1. The SMILES string of the molecule is CC(=O)N(c1nc(COC(=O)c2sc3ccccc3c2Cl)cs1)c1ccc(C)cc1C. The molecule has 0 saturated heterocycles. The molecule has 4 aromatic rings. The standard InChI is InChI=1S/C23H19ClN2O3S2/c1-13-8-9-18(14(2)10-13)26(15(3)27)23-25-16(12-30-23)11-29-22(28)21-20(24)17-6-4-5-7-19(17)31-21/h4-10,12H,11H2,1-3H3. The molecule has 0 fully saturated rings. The van der Waals surface area contributed by atoms with Crippen molar-refractivity contribution >= 4 is 67.1 Å². The van der Waals surface area contributed by atoms with Crippen molar-refractivity contribution in [1.82, 2.24) is 4.98 Å². The van der Waals surface area contributed by atoms with Gasteiger partial charge >= 0.3 is 5.97 Å². The van der Waals surface area contributed by atoms with E-state index in [1.807, 2.05) is 56.3 Å². The van der Waals surface area contributed by atoms with E-state index >= 15 is 0 Å². The highest BCUT2D eigenvalue weighted by Gasteiger charge is 2.21. The average molecular weight is 471 g/mol. The van der Waals surface area contributed by atoms with Crippen molar-refractivity contribution in [3.8, 4) is 0 Å². The molecule has 1 amide bonds. The molecule has 0 atom stereocenters. The Bertz CT molecular complexity index is 1300. The van der Waals surface area contributed by atoms with Crippen LogP contribution in [-0.4, -0.2) is 16.9 Å². The Morgan fingerprint density at radius 3 is 2.65 bits per heavy atom. The summed E-state index contributed by atoms with van der Waals surface area (Å²) in [6, 6.07) is 13.5. The molecular formula is C23H19ClN2O3S2. The van der Waals surface area contributed by atoms with Crippen LogP contribution in [0.15, 0.2) is 47.8 Å². The second-order valence-corrected chi connectivity index (χ2v) is 9.35. The topological polar surface area (TPSA) is 59.5 Å². The van der Waals surface area contributed by atoms with Gasteiger partial charge in [0, 0.05) is 22.4 Å². The van der Waals surface area contributed by atoms with Crippen LogP contribution < -0.4 is 4.90 Å². The van der Waals surface area contributed by atoms with E-state index in [0.717, 1.165) is 26.9 Å². The molecule has 2 heterocycles. The Balaban J connectivity index is 1.52. The van der Waals surface area contributed by atoms with E-state index < -0.39 is 5.97 Å². The molecule has 2 aromatic heterocycles. The van der Waals surface area contributed by atoms with Gasteiger partial charge < -0.3 is 4.74 Å². The number of nitrogens with zero attached hydrogens (tertiary/aromatic N) is 2. The molecule has 0 unspecified atom stereocenters. The highest BCUT2D eigenvalue weighted by atomic mass is 35.5. The number of thiophene rings is 1. The summed E-state index contributed by atoms with van der Waals surface area (Å²) >= 11 is 8.99. The summed E-state index contributed by atoms with van der Waals surface area (Å²) in [5.41, 5.74) is 3.46. The summed E-state index contributed by atoms with van der Waals surface area (Å²) in [7, 11) is 0. The molecule has 0 spiro atoms. The van der Waals surface area contributed by atoms with E-state index in [4.69, 9.17) is 16.3 Å². The number of ether oxygens (including phenoxy) is 1.